The number of hydrogen-bond acceptors (Lipinski definition) is 3. The van der Waals surface area contributed by atoms with Crippen LogP contribution in [0.4, 0.5) is 4.39 Å². The molecular formula is C23H24FNO2. The summed E-state index contributed by atoms with van der Waals surface area (Å²) in [4.78, 5) is 17.0. The number of fused-ring (bicyclic) bond motifs is 1. The molecule has 140 valence electrons. The molecule has 0 spiro atoms. The minimum absolute atomic E-state index is 0.0586. The van der Waals surface area contributed by atoms with Crippen molar-refractivity contribution >= 4 is 16.7 Å². The topological polar surface area (TPSA) is 39.2 Å². The Kier molecular flexibility index (Phi) is 5.84. The summed E-state index contributed by atoms with van der Waals surface area (Å²) in [6, 6.07) is 10.6. The van der Waals surface area contributed by atoms with Gasteiger partial charge in [0.2, 0.25) is 0 Å². The Morgan fingerprint density at radius 1 is 1.11 bits per heavy atom. The Morgan fingerprint density at radius 3 is 2.48 bits per heavy atom. The Hall–Kier alpha value is -2.75. The number of hydrogen-bond donors (Lipinski definition) is 0. The smallest absolute Gasteiger partial charge is 0.166 e. The Morgan fingerprint density at radius 2 is 1.85 bits per heavy atom. The summed E-state index contributed by atoms with van der Waals surface area (Å²) in [5.74, 6) is 0.367. The lowest BCUT2D eigenvalue weighted by molar-refractivity contribution is 0.0985. The molecule has 1 aromatic heterocycles. The highest BCUT2D eigenvalue weighted by molar-refractivity contribution is 6.04. The van der Waals surface area contributed by atoms with Crippen molar-refractivity contribution in [3.8, 4) is 5.75 Å². The third-order valence-corrected chi connectivity index (χ3v) is 4.74. The number of carbonyl (C=O) groups is 1. The van der Waals surface area contributed by atoms with Gasteiger partial charge in [-0.3, -0.25) is 9.78 Å². The van der Waals surface area contributed by atoms with Gasteiger partial charge in [-0.25, -0.2) is 4.39 Å². The van der Waals surface area contributed by atoms with Crippen molar-refractivity contribution in [1.82, 2.24) is 4.98 Å². The summed E-state index contributed by atoms with van der Waals surface area (Å²) < 4.78 is 18.7. The van der Waals surface area contributed by atoms with Crippen LogP contribution < -0.4 is 4.74 Å². The van der Waals surface area contributed by atoms with E-state index in [1.165, 1.54) is 12.1 Å². The lowest BCUT2D eigenvalue weighted by Gasteiger charge is -2.15. The number of rotatable bonds is 7. The van der Waals surface area contributed by atoms with Crippen LogP contribution in [0.5, 0.6) is 5.75 Å². The largest absolute Gasteiger partial charge is 0.494 e. The zero-order valence-corrected chi connectivity index (χ0v) is 16.0. The SMILES string of the molecule is CCCc1cc(C(=O)CC)c(OC)c2ncc(Cc3ccc(F)cc3)cc12. The second-order valence-electron chi connectivity index (χ2n) is 6.69. The summed E-state index contributed by atoms with van der Waals surface area (Å²) in [5.41, 5.74) is 4.51. The maximum Gasteiger partial charge on any atom is 0.166 e. The standard InChI is InChI=1S/C23H24FNO2/c1-4-6-17-13-20(21(26)5-2)23(27-3)22-19(17)12-16(14-25-22)11-15-7-9-18(24)10-8-15/h7-10,12-14H,4-6,11H2,1-3H3. The van der Waals surface area contributed by atoms with E-state index in [-0.39, 0.29) is 11.6 Å². The molecule has 0 fully saturated rings. The van der Waals surface area contributed by atoms with Gasteiger partial charge in [-0.15, -0.1) is 0 Å². The molecule has 0 aliphatic heterocycles. The Labute approximate surface area is 159 Å². The van der Waals surface area contributed by atoms with Crippen LogP contribution in [-0.2, 0) is 12.8 Å². The van der Waals surface area contributed by atoms with Gasteiger partial charge in [0.1, 0.15) is 11.3 Å². The van der Waals surface area contributed by atoms with E-state index >= 15 is 0 Å². The molecule has 0 N–H and O–H groups in total. The molecule has 0 saturated carbocycles. The first-order chi connectivity index (χ1) is 13.1. The lowest BCUT2D eigenvalue weighted by atomic mass is 9.95. The fourth-order valence-corrected chi connectivity index (χ4v) is 3.39. The summed E-state index contributed by atoms with van der Waals surface area (Å²) in [7, 11) is 1.58. The monoisotopic (exact) mass is 365 g/mol. The van der Waals surface area contributed by atoms with Gasteiger partial charge in [-0.05, 0) is 53.8 Å². The summed E-state index contributed by atoms with van der Waals surface area (Å²) >= 11 is 0. The molecule has 3 rings (SSSR count). The van der Waals surface area contributed by atoms with Gasteiger partial charge in [-0.1, -0.05) is 32.4 Å². The number of aromatic nitrogens is 1. The van der Waals surface area contributed by atoms with Crippen LogP contribution in [0.15, 0.2) is 42.6 Å². The van der Waals surface area contributed by atoms with Crippen molar-refractivity contribution < 1.29 is 13.9 Å². The number of aryl methyl sites for hydroxylation is 1. The number of ether oxygens (including phenoxy) is 1. The van der Waals surface area contributed by atoms with Gasteiger partial charge in [0, 0.05) is 18.0 Å². The first kappa shape index (κ1) is 19.0. The van der Waals surface area contributed by atoms with Crippen LogP contribution in [0.3, 0.4) is 0 Å². The average molecular weight is 365 g/mol. The van der Waals surface area contributed by atoms with Crippen LogP contribution in [0.2, 0.25) is 0 Å². The first-order valence-electron chi connectivity index (χ1n) is 9.33. The van der Waals surface area contributed by atoms with E-state index in [4.69, 9.17) is 4.74 Å². The van der Waals surface area contributed by atoms with Crippen LogP contribution >= 0.6 is 0 Å². The highest BCUT2D eigenvalue weighted by Gasteiger charge is 2.18. The molecule has 2 aromatic carbocycles. The molecule has 0 bridgehead atoms. The molecule has 3 aromatic rings. The van der Waals surface area contributed by atoms with Crippen molar-refractivity contribution in [2.24, 2.45) is 0 Å². The molecule has 0 amide bonds. The first-order valence-corrected chi connectivity index (χ1v) is 9.33. The number of ketones is 1. The predicted octanol–water partition coefficient (Wildman–Crippen LogP) is 5.52. The highest BCUT2D eigenvalue weighted by atomic mass is 19.1. The van der Waals surface area contributed by atoms with Crippen molar-refractivity contribution in [3.05, 3.63) is 70.7 Å². The third kappa shape index (κ3) is 4.00. The fourth-order valence-electron chi connectivity index (χ4n) is 3.39. The molecule has 0 aliphatic rings. The van der Waals surface area contributed by atoms with Crippen LogP contribution in [0.1, 0.15) is 53.7 Å². The molecule has 3 nitrogen and oxygen atoms in total. The number of carbonyl (C=O) groups excluding carboxylic acids is 1. The van der Waals surface area contributed by atoms with Crippen LogP contribution in [0, 0.1) is 5.82 Å². The second kappa shape index (κ2) is 8.30. The molecule has 4 heteroatoms. The summed E-state index contributed by atoms with van der Waals surface area (Å²) in [5, 5.41) is 1.01. The number of halogens is 1. The molecule has 0 aliphatic carbocycles. The van der Waals surface area contributed by atoms with E-state index < -0.39 is 0 Å². The molecule has 0 saturated heterocycles. The van der Waals surface area contributed by atoms with Crippen molar-refractivity contribution in [2.75, 3.05) is 7.11 Å². The number of nitrogens with zero attached hydrogens (tertiary/aromatic N) is 1. The molecule has 1 heterocycles. The van der Waals surface area contributed by atoms with Gasteiger partial charge in [0.15, 0.2) is 11.5 Å². The number of methoxy groups -OCH3 is 1. The van der Waals surface area contributed by atoms with Gasteiger partial charge in [0.25, 0.3) is 0 Å². The number of pyridine rings is 1. The van der Waals surface area contributed by atoms with Crippen LogP contribution in [-0.4, -0.2) is 17.9 Å². The molecule has 0 radical (unpaired) electrons. The summed E-state index contributed by atoms with van der Waals surface area (Å²) in [6.07, 6.45) is 4.75. The van der Waals surface area contributed by atoms with E-state index in [1.54, 1.807) is 19.2 Å². The second-order valence-corrected chi connectivity index (χ2v) is 6.69. The van der Waals surface area contributed by atoms with Crippen LogP contribution in [0.25, 0.3) is 10.9 Å². The minimum atomic E-state index is -0.238. The van der Waals surface area contributed by atoms with E-state index in [0.717, 1.165) is 40.4 Å². The molecule has 27 heavy (non-hydrogen) atoms. The highest BCUT2D eigenvalue weighted by Crippen LogP contribution is 2.33. The predicted molar refractivity (Wildman–Crippen MR) is 106 cm³/mol. The van der Waals surface area contributed by atoms with Crippen molar-refractivity contribution in [3.63, 3.8) is 0 Å². The maximum absolute atomic E-state index is 13.1. The van der Waals surface area contributed by atoms with E-state index in [1.807, 2.05) is 19.2 Å². The average Bonchev–Trinajstić information content (AvgIpc) is 2.69. The molecular weight excluding hydrogens is 341 g/mol. The lowest BCUT2D eigenvalue weighted by Crippen LogP contribution is -2.05. The van der Waals surface area contributed by atoms with Gasteiger partial charge in [0.05, 0.1) is 12.7 Å². The van der Waals surface area contributed by atoms with Gasteiger partial charge >= 0.3 is 0 Å². The minimum Gasteiger partial charge on any atom is -0.494 e. The van der Waals surface area contributed by atoms with E-state index in [0.29, 0.717) is 24.2 Å². The quantitative estimate of drug-likeness (QED) is 0.518. The Bertz CT molecular complexity index is 964. The number of Topliss-reactive ketones (excluding diaryl/α,β-unsaturated/α-hetero) is 1. The normalized spacial score (nSPS) is 11.0. The van der Waals surface area contributed by atoms with E-state index in [9.17, 15) is 9.18 Å². The molecule has 0 unspecified atom stereocenters. The maximum atomic E-state index is 13.1. The van der Waals surface area contributed by atoms with Crippen molar-refractivity contribution in [2.45, 2.75) is 39.5 Å². The zero-order valence-electron chi connectivity index (χ0n) is 16.0. The van der Waals surface area contributed by atoms with Gasteiger partial charge < -0.3 is 4.74 Å². The molecule has 0 atom stereocenters. The number of benzene rings is 2. The zero-order chi connectivity index (χ0) is 19.4. The third-order valence-electron chi connectivity index (χ3n) is 4.74. The Balaban J connectivity index is 2.12. The van der Waals surface area contributed by atoms with Gasteiger partial charge in [-0.2, -0.15) is 0 Å². The summed E-state index contributed by atoms with van der Waals surface area (Å²) in [6.45, 7) is 3.97. The van der Waals surface area contributed by atoms with Crippen molar-refractivity contribution in [1.29, 1.82) is 0 Å². The van der Waals surface area contributed by atoms with E-state index in [2.05, 4.69) is 18.0 Å². The fraction of sp³-hybridized carbons (Fsp3) is 0.304.